The zero-order chi connectivity index (χ0) is 16.6. The predicted molar refractivity (Wildman–Crippen MR) is 89.9 cm³/mol. The van der Waals surface area contributed by atoms with Crippen molar-refractivity contribution < 1.29 is 9.53 Å². The molecular weight excluding hydrogens is 332 g/mol. The Hall–Kier alpha value is -1.93. The SMILES string of the molecule is COC(=O)[C@@H](Sc1nc2nc(C)c(C)c(C)n2n1)c1ccsc1. The molecule has 0 unspecified atom stereocenters. The molecule has 0 amide bonds. The van der Waals surface area contributed by atoms with E-state index >= 15 is 0 Å². The maximum Gasteiger partial charge on any atom is 0.323 e. The van der Waals surface area contributed by atoms with Crippen molar-refractivity contribution in [3.8, 4) is 0 Å². The van der Waals surface area contributed by atoms with Gasteiger partial charge in [-0.3, -0.25) is 4.79 Å². The molecule has 0 bridgehead atoms. The molecule has 3 aromatic rings. The number of thioether (sulfide) groups is 1. The van der Waals surface area contributed by atoms with Gasteiger partial charge in [0.2, 0.25) is 5.16 Å². The van der Waals surface area contributed by atoms with E-state index in [4.69, 9.17) is 4.74 Å². The van der Waals surface area contributed by atoms with Crippen LogP contribution in [0.2, 0.25) is 0 Å². The van der Waals surface area contributed by atoms with E-state index in [9.17, 15) is 4.79 Å². The Labute approximate surface area is 141 Å². The van der Waals surface area contributed by atoms with Gasteiger partial charge in [-0.05, 0) is 48.7 Å². The van der Waals surface area contributed by atoms with Gasteiger partial charge in [-0.25, -0.2) is 9.50 Å². The first-order valence-electron chi connectivity index (χ1n) is 6.98. The highest BCUT2D eigenvalue weighted by atomic mass is 32.2. The molecule has 0 radical (unpaired) electrons. The van der Waals surface area contributed by atoms with Gasteiger partial charge in [0.05, 0.1) is 7.11 Å². The van der Waals surface area contributed by atoms with Gasteiger partial charge in [0.25, 0.3) is 5.78 Å². The van der Waals surface area contributed by atoms with Crippen molar-refractivity contribution in [2.45, 2.75) is 31.2 Å². The fourth-order valence-corrected chi connectivity index (χ4v) is 3.90. The van der Waals surface area contributed by atoms with Crippen molar-refractivity contribution >= 4 is 34.8 Å². The summed E-state index contributed by atoms with van der Waals surface area (Å²) in [7, 11) is 1.39. The lowest BCUT2D eigenvalue weighted by atomic mass is 10.2. The molecule has 0 N–H and O–H groups in total. The summed E-state index contributed by atoms with van der Waals surface area (Å²) in [5.74, 6) is 0.228. The molecule has 0 saturated carbocycles. The average Bonchev–Trinajstić information content (AvgIpc) is 3.19. The van der Waals surface area contributed by atoms with Crippen LogP contribution in [-0.2, 0) is 9.53 Å². The van der Waals surface area contributed by atoms with Gasteiger partial charge in [-0.2, -0.15) is 16.3 Å². The lowest BCUT2D eigenvalue weighted by Crippen LogP contribution is -2.10. The van der Waals surface area contributed by atoms with Crippen molar-refractivity contribution in [2.24, 2.45) is 0 Å². The van der Waals surface area contributed by atoms with Crippen molar-refractivity contribution in [3.05, 3.63) is 39.3 Å². The fraction of sp³-hybridized carbons (Fsp3) is 0.333. The summed E-state index contributed by atoms with van der Waals surface area (Å²) < 4.78 is 6.63. The number of thiophene rings is 1. The fourth-order valence-electron chi connectivity index (χ4n) is 2.18. The lowest BCUT2D eigenvalue weighted by Gasteiger charge is -2.10. The van der Waals surface area contributed by atoms with E-state index < -0.39 is 5.25 Å². The van der Waals surface area contributed by atoms with Crippen molar-refractivity contribution in [1.29, 1.82) is 0 Å². The van der Waals surface area contributed by atoms with E-state index in [1.165, 1.54) is 30.2 Å². The maximum absolute atomic E-state index is 12.1. The molecular formula is C15H16N4O2S2. The van der Waals surface area contributed by atoms with E-state index in [-0.39, 0.29) is 5.97 Å². The second-order valence-electron chi connectivity index (χ2n) is 5.09. The first-order valence-corrected chi connectivity index (χ1v) is 8.80. The number of hydrogen-bond acceptors (Lipinski definition) is 7. The van der Waals surface area contributed by atoms with Crippen LogP contribution in [-0.4, -0.2) is 32.7 Å². The Morgan fingerprint density at radius 3 is 2.78 bits per heavy atom. The highest BCUT2D eigenvalue weighted by molar-refractivity contribution is 8.00. The van der Waals surface area contributed by atoms with Gasteiger partial charge >= 0.3 is 5.97 Å². The average molecular weight is 348 g/mol. The number of aryl methyl sites for hydroxylation is 2. The van der Waals surface area contributed by atoms with Gasteiger partial charge in [0.15, 0.2) is 0 Å². The lowest BCUT2D eigenvalue weighted by molar-refractivity contribution is -0.140. The predicted octanol–water partition coefficient (Wildman–Crippen LogP) is 3.12. The third-order valence-electron chi connectivity index (χ3n) is 3.73. The number of carbonyl (C=O) groups is 1. The van der Waals surface area contributed by atoms with Crippen LogP contribution in [0, 0.1) is 20.8 Å². The van der Waals surface area contributed by atoms with E-state index in [1.807, 2.05) is 37.6 Å². The molecule has 1 atom stereocenters. The number of esters is 1. The van der Waals surface area contributed by atoms with Crippen molar-refractivity contribution in [1.82, 2.24) is 19.6 Å². The molecule has 3 rings (SSSR count). The zero-order valence-electron chi connectivity index (χ0n) is 13.2. The minimum absolute atomic E-state index is 0.315. The topological polar surface area (TPSA) is 69.4 Å². The number of aromatic nitrogens is 4. The molecule has 0 spiro atoms. The number of hydrogen-bond donors (Lipinski definition) is 0. The Morgan fingerprint density at radius 2 is 2.13 bits per heavy atom. The summed E-state index contributed by atoms with van der Waals surface area (Å²) in [5.41, 5.74) is 3.90. The summed E-state index contributed by atoms with van der Waals surface area (Å²) in [4.78, 5) is 21.0. The summed E-state index contributed by atoms with van der Waals surface area (Å²) >= 11 is 2.81. The molecule has 8 heteroatoms. The molecule has 6 nitrogen and oxygen atoms in total. The molecule has 3 aromatic heterocycles. The molecule has 0 saturated heterocycles. The quantitative estimate of drug-likeness (QED) is 0.533. The van der Waals surface area contributed by atoms with E-state index in [2.05, 4.69) is 15.1 Å². The van der Waals surface area contributed by atoms with Crippen molar-refractivity contribution in [3.63, 3.8) is 0 Å². The molecule has 0 aromatic carbocycles. The Bertz CT molecular complexity index is 858. The molecule has 120 valence electrons. The number of rotatable bonds is 4. The first kappa shape index (κ1) is 15.9. The highest BCUT2D eigenvalue weighted by Crippen LogP contribution is 2.35. The standard InChI is InChI=1S/C15H16N4O2S2/c1-8-9(2)16-14-17-15(18-19(14)10(8)3)23-12(13(20)21-4)11-5-6-22-7-11/h5-7,12H,1-4H3/t12-/m0/s1. The smallest absolute Gasteiger partial charge is 0.323 e. The van der Waals surface area contributed by atoms with E-state index in [1.54, 1.807) is 4.52 Å². The van der Waals surface area contributed by atoms with Crippen LogP contribution in [0.1, 0.15) is 27.8 Å². The monoisotopic (exact) mass is 348 g/mol. The second kappa shape index (κ2) is 6.29. The third kappa shape index (κ3) is 2.96. The summed E-state index contributed by atoms with van der Waals surface area (Å²) in [6.45, 7) is 5.94. The molecule has 23 heavy (non-hydrogen) atoms. The summed E-state index contributed by atoms with van der Waals surface area (Å²) in [5, 5.41) is 8.37. The maximum atomic E-state index is 12.1. The number of methoxy groups -OCH3 is 1. The van der Waals surface area contributed by atoms with Gasteiger partial charge in [0.1, 0.15) is 5.25 Å². The molecule has 3 heterocycles. The minimum Gasteiger partial charge on any atom is -0.468 e. The molecule has 0 aliphatic heterocycles. The highest BCUT2D eigenvalue weighted by Gasteiger charge is 2.25. The molecule has 0 aliphatic carbocycles. The van der Waals surface area contributed by atoms with E-state index in [0.29, 0.717) is 10.9 Å². The van der Waals surface area contributed by atoms with Crippen LogP contribution in [0.4, 0.5) is 0 Å². The number of ether oxygens (including phenoxy) is 1. The van der Waals surface area contributed by atoms with Crippen LogP contribution in [0.3, 0.4) is 0 Å². The van der Waals surface area contributed by atoms with E-state index in [0.717, 1.165) is 22.5 Å². The normalized spacial score (nSPS) is 12.5. The van der Waals surface area contributed by atoms with Crippen LogP contribution in [0.25, 0.3) is 5.78 Å². The number of nitrogens with zero attached hydrogens (tertiary/aromatic N) is 4. The molecule has 0 fully saturated rings. The zero-order valence-corrected chi connectivity index (χ0v) is 14.9. The van der Waals surface area contributed by atoms with Gasteiger partial charge in [-0.15, -0.1) is 5.10 Å². The van der Waals surface area contributed by atoms with Gasteiger partial charge < -0.3 is 4.74 Å². The van der Waals surface area contributed by atoms with Gasteiger partial charge in [0, 0.05) is 11.4 Å². The van der Waals surface area contributed by atoms with Crippen LogP contribution < -0.4 is 0 Å². The van der Waals surface area contributed by atoms with Crippen LogP contribution in [0.5, 0.6) is 0 Å². The van der Waals surface area contributed by atoms with Crippen LogP contribution in [0.15, 0.2) is 22.0 Å². The van der Waals surface area contributed by atoms with Gasteiger partial charge in [-0.1, -0.05) is 11.8 Å². The second-order valence-corrected chi connectivity index (χ2v) is 6.94. The summed E-state index contributed by atoms with van der Waals surface area (Å²) in [6, 6.07) is 1.91. The van der Waals surface area contributed by atoms with Crippen molar-refractivity contribution in [2.75, 3.05) is 7.11 Å². The number of carbonyl (C=O) groups excluding carboxylic acids is 1. The Balaban J connectivity index is 1.99. The Morgan fingerprint density at radius 1 is 1.35 bits per heavy atom. The largest absolute Gasteiger partial charge is 0.468 e. The first-order chi connectivity index (χ1) is 11.0. The van der Waals surface area contributed by atoms with Crippen LogP contribution >= 0.6 is 23.1 Å². The Kier molecular flexibility index (Phi) is 4.36. The number of fused-ring (bicyclic) bond motifs is 1. The minimum atomic E-state index is -0.480. The third-order valence-corrected chi connectivity index (χ3v) is 5.51. The summed E-state index contributed by atoms with van der Waals surface area (Å²) in [6.07, 6.45) is 0. The molecule has 0 aliphatic rings.